The van der Waals surface area contributed by atoms with Gasteiger partial charge in [0.2, 0.25) is 0 Å². The van der Waals surface area contributed by atoms with Crippen molar-refractivity contribution in [3.8, 4) is 11.5 Å². The number of nitro benzene ring substituents is 1. The quantitative estimate of drug-likeness (QED) is 0.0208. The SMILES string of the molecule is Nc1c(N=Nc2ccc3cc(S(=O)(=O)O)c(N=Nc4ccc(S(=O)(=O)O)cc4C(=O)O)c(O)c3c2)c(S(=O)(=O)O)cc2cc(S(=O)(=O)O)c(N=Nc3ccc([N+](=O)[O-])cc3S(=O)(=O)O)c(O)c12. The Morgan fingerprint density at radius 3 is 1.55 bits per heavy atom. The molecule has 0 amide bonds. The zero-order valence-electron chi connectivity index (χ0n) is 32.1. The number of phenols is 2. The highest BCUT2D eigenvalue weighted by Crippen LogP contribution is 2.49. The molecular weight excluding hydrogens is 1000 g/mol. The third-order valence-electron chi connectivity index (χ3n) is 8.89. The minimum atomic E-state index is -5.49. The largest absolute Gasteiger partial charge is 0.505 e. The zero-order valence-corrected chi connectivity index (χ0v) is 36.1. The molecule has 29 nitrogen and oxygen atoms in total. The van der Waals surface area contributed by atoms with E-state index in [4.69, 9.17) is 5.73 Å². The second-order valence-corrected chi connectivity index (χ2v) is 20.1. The van der Waals surface area contributed by atoms with Gasteiger partial charge in [-0.2, -0.15) is 47.2 Å². The molecule has 0 atom stereocenters. The van der Waals surface area contributed by atoms with E-state index in [1.165, 1.54) is 0 Å². The van der Waals surface area contributed by atoms with E-state index in [0.717, 1.165) is 30.3 Å². The third kappa shape index (κ3) is 10.0. The topological polar surface area (TPSA) is 493 Å². The summed E-state index contributed by atoms with van der Waals surface area (Å²) in [6, 6.07) is 8.49. The summed E-state index contributed by atoms with van der Waals surface area (Å²) in [4.78, 5) is 16.3. The number of nitrogens with zero attached hydrogens (tertiary/aromatic N) is 7. The molecule has 350 valence electrons. The van der Waals surface area contributed by atoms with Crippen molar-refractivity contribution in [1.29, 1.82) is 0 Å². The number of phenolic OH excluding ortho intramolecular Hbond substituents is 2. The van der Waals surface area contributed by atoms with Gasteiger partial charge in [0.1, 0.15) is 48.0 Å². The number of aromatic hydroxyl groups is 2. The highest BCUT2D eigenvalue weighted by Gasteiger charge is 2.29. The highest BCUT2D eigenvalue weighted by molar-refractivity contribution is 7.87. The Labute approximate surface area is 372 Å². The van der Waals surface area contributed by atoms with Crippen LogP contribution < -0.4 is 5.73 Å². The molecule has 6 aromatic rings. The summed E-state index contributed by atoms with van der Waals surface area (Å²) < 4.78 is 171. The van der Waals surface area contributed by atoms with Crippen molar-refractivity contribution >= 4 is 124 Å². The summed E-state index contributed by atoms with van der Waals surface area (Å²) in [7, 11) is -26.4. The summed E-state index contributed by atoms with van der Waals surface area (Å²) in [6.45, 7) is 0. The van der Waals surface area contributed by atoms with Crippen LogP contribution in [0.25, 0.3) is 21.5 Å². The van der Waals surface area contributed by atoms with Crippen LogP contribution in [0.4, 0.5) is 45.5 Å². The Balaban J connectivity index is 1.53. The molecular formula is C33H22N8O21S5. The van der Waals surface area contributed by atoms with E-state index in [2.05, 4.69) is 30.7 Å². The normalized spacial score (nSPS) is 13.1. The van der Waals surface area contributed by atoms with Gasteiger partial charge in [-0.05, 0) is 65.4 Å². The van der Waals surface area contributed by atoms with Gasteiger partial charge >= 0.3 is 5.97 Å². The molecule has 0 radical (unpaired) electrons. The van der Waals surface area contributed by atoms with E-state index >= 15 is 0 Å². The van der Waals surface area contributed by atoms with Gasteiger partial charge in [-0.3, -0.25) is 32.9 Å². The summed E-state index contributed by atoms with van der Waals surface area (Å²) in [5.41, 5.74) is -1.57. The number of carbonyl (C=O) groups is 1. The number of anilines is 1. The van der Waals surface area contributed by atoms with Crippen LogP contribution in [-0.2, 0) is 50.6 Å². The number of fused-ring (bicyclic) bond motifs is 2. The maximum atomic E-state index is 12.6. The van der Waals surface area contributed by atoms with Gasteiger partial charge < -0.3 is 21.1 Å². The van der Waals surface area contributed by atoms with Crippen molar-refractivity contribution in [3.05, 3.63) is 88.5 Å². The van der Waals surface area contributed by atoms with E-state index in [1.807, 2.05) is 0 Å². The number of carboxylic acids is 1. The summed E-state index contributed by atoms with van der Waals surface area (Å²) >= 11 is 0. The van der Waals surface area contributed by atoms with Crippen LogP contribution in [0.3, 0.4) is 0 Å². The van der Waals surface area contributed by atoms with Crippen LogP contribution in [-0.4, -0.2) is 91.1 Å². The predicted molar refractivity (Wildman–Crippen MR) is 224 cm³/mol. The maximum absolute atomic E-state index is 12.6. The molecule has 0 aliphatic carbocycles. The third-order valence-corrected chi connectivity index (χ3v) is 13.2. The number of aromatic carboxylic acids is 1. The Morgan fingerprint density at radius 2 is 1.03 bits per heavy atom. The van der Waals surface area contributed by atoms with Crippen molar-refractivity contribution in [2.75, 3.05) is 5.73 Å². The number of hydrogen-bond acceptors (Lipinski definition) is 22. The lowest BCUT2D eigenvalue weighted by atomic mass is 10.1. The monoisotopic (exact) mass is 1030 g/mol. The Hall–Kier alpha value is -7.54. The molecule has 6 aromatic carbocycles. The molecule has 0 fully saturated rings. The maximum Gasteiger partial charge on any atom is 0.338 e. The first-order valence-corrected chi connectivity index (χ1v) is 24.2. The molecule has 0 heterocycles. The van der Waals surface area contributed by atoms with Gasteiger partial charge in [-0.15, -0.1) is 25.6 Å². The van der Waals surface area contributed by atoms with Gasteiger partial charge in [0.25, 0.3) is 56.3 Å². The number of non-ortho nitro benzene ring substituents is 1. The van der Waals surface area contributed by atoms with E-state index in [1.54, 1.807) is 0 Å². The zero-order chi connectivity index (χ0) is 49.9. The van der Waals surface area contributed by atoms with Crippen molar-refractivity contribution in [3.63, 3.8) is 0 Å². The van der Waals surface area contributed by atoms with Crippen molar-refractivity contribution < 1.29 is 89.9 Å². The standard InChI is InChI=1S/C33H22N8O21S5/c34-27-26-14(9-25(67(60,61)62)30(32(26)43)40-37-21-5-3-16(41(46)47)11-22(21)64(51,52)53)8-23(65(54,55)56)28(27)38-35-15-2-1-13-7-24(66(57,58)59)29(31(42)18(13)10-15)39-36-20-6-4-17(63(48,49)50)12-19(20)33(44)45/h1-12,42-43H,34H2,(H,44,45)(H,48,49,50)(H,51,52,53)(H,54,55,56)(H,57,58,59)(H,60,61,62). The lowest BCUT2D eigenvalue weighted by Gasteiger charge is -2.14. The molecule has 67 heavy (non-hydrogen) atoms. The second kappa shape index (κ2) is 17.0. The summed E-state index contributed by atoms with van der Waals surface area (Å²) in [5.74, 6) is -4.21. The van der Waals surface area contributed by atoms with Gasteiger partial charge in [0.05, 0.1) is 32.1 Å². The molecule has 6 rings (SSSR count). The molecule has 0 saturated heterocycles. The molecule has 10 N–H and O–H groups in total. The number of nitrogens with two attached hydrogens (primary N) is 1. The molecule has 0 bridgehead atoms. The van der Waals surface area contributed by atoms with Gasteiger partial charge in [0.15, 0.2) is 11.5 Å². The van der Waals surface area contributed by atoms with Crippen LogP contribution in [0.5, 0.6) is 11.5 Å². The molecule has 0 saturated carbocycles. The minimum Gasteiger partial charge on any atom is -0.505 e. The fraction of sp³-hybridized carbons (Fsp3) is 0. The van der Waals surface area contributed by atoms with Crippen molar-refractivity contribution in [2.24, 2.45) is 30.7 Å². The number of azo groups is 3. The van der Waals surface area contributed by atoms with E-state index in [9.17, 15) is 95.1 Å². The van der Waals surface area contributed by atoms with Gasteiger partial charge in [-0.25, -0.2) is 4.79 Å². The molecule has 0 aromatic heterocycles. The fourth-order valence-corrected chi connectivity index (χ4v) is 9.08. The number of nitrogen functional groups attached to an aromatic ring is 1. The summed E-state index contributed by atoms with van der Waals surface area (Å²) in [6.07, 6.45) is 0. The first-order chi connectivity index (χ1) is 30.8. The Morgan fingerprint density at radius 1 is 0.537 bits per heavy atom. The van der Waals surface area contributed by atoms with E-state index in [0.29, 0.717) is 42.5 Å². The molecule has 0 spiro atoms. The molecule has 0 unspecified atom stereocenters. The molecule has 34 heteroatoms. The van der Waals surface area contributed by atoms with Crippen molar-refractivity contribution in [1.82, 2.24) is 0 Å². The lowest BCUT2D eigenvalue weighted by molar-refractivity contribution is -0.385. The van der Waals surface area contributed by atoms with Crippen LogP contribution in [0.15, 0.2) is 128 Å². The second-order valence-electron chi connectivity index (χ2n) is 13.2. The smallest absolute Gasteiger partial charge is 0.338 e. The van der Waals surface area contributed by atoms with Crippen LogP contribution in [0, 0.1) is 10.1 Å². The van der Waals surface area contributed by atoms with Crippen LogP contribution in [0.2, 0.25) is 0 Å². The molecule has 0 aliphatic heterocycles. The number of nitro groups is 1. The van der Waals surface area contributed by atoms with Crippen LogP contribution >= 0.6 is 0 Å². The summed E-state index contributed by atoms with van der Waals surface area (Å²) in [5, 5.41) is 63.0. The Bertz CT molecular complexity index is 3880. The van der Waals surface area contributed by atoms with Gasteiger partial charge in [-0.1, -0.05) is 6.07 Å². The number of carboxylic acid groups (broad SMARTS) is 1. The molecule has 0 aliphatic rings. The van der Waals surface area contributed by atoms with Gasteiger partial charge in [0, 0.05) is 17.5 Å². The Kier molecular flexibility index (Phi) is 12.4. The predicted octanol–water partition coefficient (Wildman–Crippen LogP) is 6.07. The first-order valence-electron chi connectivity index (χ1n) is 17.0. The number of rotatable bonds is 13. The number of benzene rings is 6. The minimum absolute atomic E-state index is 0.172. The first kappa shape index (κ1) is 48.9. The highest BCUT2D eigenvalue weighted by atomic mass is 32.2. The fourth-order valence-electron chi connectivity index (χ4n) is 5.94. The van der Waals surface area contributed by atoms with E-state index < -0.39 is 154 Å². The van der Waals surface area contributed by atoms with Crippen molar-refractivity contribution in [2.45, 2.75) is 24.5 Å². The van der Waals surface area contributed by atoms with E-state index in [-0.39, 0.29) is 16.5 Å². The van der Waals surface area contributed by atoms with Crippen LogP contribution in [0.1, 0.15) is 10.4 Å². The average molecular weight is 1030 g/mol. The lowest BCUT2D eigenvalue weighted by Crippen LogP contribution is -2.04. The average Bonchev–Trinajstić information content (AvgIpc) is 3.20. The number of hydrogen-bond donors (Lipinski definition) is 9.